The van der Waals surface area contributed by atoms with Crippen LogP contribution < -0.4 is 10.5 Å². The number of para-hydroxylation sites is 1. The van der Waals surface area contributed by atoms with Gasteiger partial charge >= 0.3 is 5.97 Å². The van der Waals surface area contributed by atoms with E-state index in [4.69, 9.17) is 15.2 Å². The standard InChI is InChI=1S/C17H19NO3/c1-3-5-12-8-10-13(11-9-12)21-15-7-4-6-14(16(15)18)17(19)20-2/h4,6-11H,3,5,18H2,1-2H3. The van der Waals surface area contributed by atoms with Crippen molar-refractivity contribution in [2.45, 2.75) is 19.8 Å². The summed E-state index contributed by atoms with van der Waals surface area (Å²) in [6, 6.07) is 12.9. The van der Waals surface area contributed by atoms with E-state index < -0.39 is 5.97 Å². The summed E-state index contributed by atoms with van der Waals surface area (Å²) in [6.45, 7) is 2.14. The number of nitrogen functional groups attached to an aromatic ring is 1. The molecule has 0 spiro atoms. The molecule has 2 aromatic carbocycles. The molecule has 0 aliphatic rings. The van der Waals surface area contributed by atoms with Crippen molar-refractivity contribution in [3.63, 3.8) is 0 Å². The largest absolute Gasteiger partial charge is 0.465 e. The van der Waals surface area contributed by atoms with Gasteiger partial charge in [-0.05, 0) is 36.2 Å². The smallest absolute Gasteiger partial charge is 0.340 e. The highest BCUT2D eigenvalue weighted by Gasteiger charge is 2.14. The van der Waals surface area contributed by atoms with Gasteiger partial charge in [0.05, 0.1) is 18.4 Å². The maximum Gasteiger partial charge on any atom is 0.340 e. The fraction of sp³-hybridized carbons (Fsp3) is 0.235. The molecule has 0 fully saturated rings. The van der Waals surface area contributed by atoms with Crippen LogP contribution in [0.15, 0.2) is 42.5 Å². The van der Waals surface area contributed by atoms with Crippen LogP contribution in [0.2, 0.25) is 0 Å². The number of esters is 1. The minimum absolute atomic E-state index is 0.280. The molecular formula is C17H19NO3. The number of ether oxygens (including phenoxy) is 2. The summed E-state index contributed by atoms with van der Waals surface area (Å²) in [6.07, 6.45) is 2.15. The highest BCUT2D eigenvalue weighted by atomic mass is 16.5. The summed E-state index contributed by atoms with van der Waals surface area (Å²) >= 11 is 0. The zero-order valence-electron chi connectivity index (χ0n) is 12.3. The molecule has 4 heteroatoms. The first-order valence-electron chi connectivity index (χ1n) is 6.89. The number of benzene rings is 2. The average Bonchev–Trinajstić information content (AvgIpc) is 2.51. The predicted molar refractivity (Wildman–Crippen MR) is 82.7 cm³/mol. The number of hydrogen-bond donors (Lipinski definition) is 1. The highest BCUT2D eigenvalue weighted by Crippen LogP contribution is 2.30. The SMILES string of the molecule is CCCc1ccc(Oc2cccc(C(=O)OC)c2N)cc1. The molecule has 2 rings (SSSR count). The topological polar surface area (TPSA) is 61.5 Å². The van der Waals surface area contributed by atoms with Crippen molar-refractivity contribution in [3.05, 3.63) is 53.6 Å². The monoisotopic (exact) mass is 285 g/mol. The third-order valence-electron chi connectivity index (χ3n) is 3.16. The second kappa shape index (κ2) is 6.79. The Labute approximate surface area is 124 Å². The van der Waals surface area contributed by atoms with Gasteiger partial charge in [-0.25, -0.2) is 4.79 Å². The molecule has 2 aromatic rings. The van der Waals surface area contributed by atoms with E-state index in [1.807, 2.05) is 24.3 Å². The number of anilines is 1. The van der Waals surface area contributed by atoms with Gasteiger partial charge in [0.1, 0.15) is 5.75 Å². The van der Waals surface area contributed by atoms with E-state index in [-0.39, 0.29) is 5.69 Å². The summed E-state index contributed by atoms with van der Waals surface area (Å²) in [4.78, 5) is 11.6. The molecule has 0 aliphatic carbocycles. The van der Waals surface area contributed by atoms with Crippen molar-refractivity contribution in [1.29, 1.82) is 0 Å². The van der Waals surface area contributed by atoms with Crippen LogP contribution in [-0.4, -0.2) is 13.1 Å². The van der Waals surface area contributed by atoms with Crippen LogP contribution in [0.5, 0.6) is 11.5 Å². The second-order valence-corrected chi connectivity index (χ2v) is 4.70. The predicted octanol–water partition coefficient (Wildman–Crippen LogP) is 3.80. The first-order valence-corrected chi connectivity index (χ1v) is 6.89. The molecule has 4 nitrogen and oxygen atoms in total. The lowest BCUT2D eigenvalue weighted by Crippen LogP contribution is -2.06. The Bertz CT molecular complexity index is 620. The van der Waals surface area contributed by atoms with Crippen molar-refractivity contribution in [2.24, 2.45) is 0 Å². The summed E-state index contributed by atoms with van der Waals surface area (Å²) in [5.74, 6) is 0.654. The molecule has 0 amide bonds. The van der Waals surface area contributed by atoms with E-state index in [1.54, 1.807) is 18.2 Å². The van der Waals surface area contributed by atoms with Crippen LogP contribution >= 0.6 is 0 Å². The van der Waals surface area contributed by atoms with E-state index in [0.717, 1.165) is 12.8 Å². The van der Waals surface area contributed by atoms with E-state index in [2.05, 4.69) is 6.92 Å². The number of carbonyl (C=O) groups excluding carboxylic acids is 1. The number of nitrogens with two attached hydrogens (primary N) is 1. The van der Waals surface area contributed by atoms with Crippen LogP contribution in [-0.2, 0) is 11.2 Å². The van der Waals surface area contributed by atoms with Gasteiger partial charge in [-0.1, -0.05) is 31.5 Å². The molecule has 0 saturated carbocycles. The molecular weight excluding hydrogens is 266 g/mol. The summed E-state index contributed by atoms with van der Waals surface area (Å²) in [5.41, 5.74) is 7.81. The third kappa shape index (κ3) is 3.54. The van der Waals surface area contributed by atoms with E-state index >= 15 is 0 Å². The van der Waals surface area contributed by atoms with Crippen LogP contribution in [0.1, 0.15) is 29.3 Å². The lowest BCUT2D eigenvalue weighted by Gasteiger charge is -2.11. The van der Waals surface area contributed by atoms with Crippen molar-refractivity contribution in [2.75, 3.05) is 12.8 Å². The third-order valence-corrected chi connectivity index (χ3v) is 3.16. The van der Waals surface area contributed by atoms with Gasteiger partial charge in [-0.2, -0.15) is 0 Å². The van der Waals surface area contributed by atoms with E-state index in [9.17, 15) is 4.79 Å². The number of rotatable bonds is 5. The number of carbonyl (C=O) groups is 1. The average molecular weight is 285 g/mol. The molecule has 2 N–H and O–H groups in total. The molecule has 0 unspecified atom stereocenters. The molecule has 0 atom stereocenters. The van der Waals surface area contributed by atoms with Gasteiger partial charge in [-0.15, -0.1) is 0 Å². The molecule has 0 saturated heterocycles. The first kappa shape index (κ1) is 14.9. The zero-order chi connectivity index (χ0) is 15.2. The number of hydrogen-bond acceptors (Lipinski definition) is 4. The Morgan fingerprint density at radius 1 is 1.14 bits per heavy atom. The molecule has 110 valence electrons. The maximum absolute atomic E-state index is 11.6. The Kier molecular flexibility index (Phi) is 4.82. The van der Waals surface area contributed by atoms with Gasteiger partial charge in [0.15, 0.2) is 5.75 Å². The van der Waals surface area contributed by atoms with E-state index in [1.165, 1.54) is 12.7 Å². The van der Waals surface area contributed by atoms with Crippen molar-refractivity contribution >= 4 is 11.7 Å². The van der Waals surface area contributed by atoms with Crippen LogP contribution in [0.25, 0.3) is 0 Å². The van der Waals surface area contributed by atoms with Gasteiger partial charge in [-0.3, -0.25) is 0 Å². The van der Waals surface area contributed by atoms with Crippen molar-refractivity contribution in [1.82, 2.24) is 0 Å². The van der Waals surface area contributed by atoms with Crippen LogP contribution in [0.3, 0.4) is 0 Å². The van der Waals surface area contributed by atoms with Gasteiger partial charge < -0.3 is 15.2 Å². The molecule has 0 aromatic heterocycles. The summed E-state index contributed by atoms with van der Waals surface area (Å²) in [5, 5.41) is 0. The number of methoxy groups -OCH3 is 1. The quantitative estimate of drug-likeness (QED) is 0.670. The van der Waals surface area contributed by atoms with Crippen molar-refractivity contribution < 1.29 is 14.3 Å². The Hall–Kier alpha value is -2.49. The maximum atomic E-state index is 11.6. The van der Waals surface area contributed by atoms with Crippen LogP contribution in [0.4, 0.5) is 5.69 Å². The lowest BCUT2D eigenvalue weighted by atomic mass is 10.1. The second-order valence-electron chi connectivity index (χ2n) is 4.70. The minimum atomic E-state index is -0.476. The molecule has 0 bridgehead atoms. The minimum Gasteiger partial charge on any atom is -0.465 e. The fourth-order valence-corrected chi connectivity index (χ4v) is 2.06. The summed E-state index contributed by atoms with van der Waals surface area (Å²) < 4.78 is 10.4. The van der Waals surface area contributed by atoms with Gasteiger partial charge in [0.2, 0.25) is 0 Å². The Morgan fingerprint density at radius 3 is 2.48 bits per heavy atom. The molecule has 0 heterocycles. The Morgan fingerprint density at radius 2 is 1.86 bits per heavy atom. The molecule has 0 radical (unpaired) electrons. The van der Waals surface area contributed by atoms with Gasteiger partial charge in [0, 0.05) is 0 Å². The first-order chi connectivity index (χ1) is 10.2. The zero-order valence-corrected chi connectivity index (χ0v) is 12.3. The van der Waals surface area contributed by atoms with Crippen LogP contribution in [0, 0.1) is 0 Å². The highest BCUT2D eigenvalue weighted by molar-refractivity contribution is 5.96. The van der Waals surface area contributed by atoms with E-state index in [0.29, 0.717) is 17.1 Å². The molecule has 0 aliphatic heterocycles. The van der Waals surface area contributed by atoms with Gasteiger partial charge in [0.25, 0.3) is 0 Å². The Balaban J connectivity index is 2.21. The fourth-order valence-electron chi connectivity index (χ4n) is 2.06. The normalized spacial score (nSPS) is 10.2. The number of aryl methyl sites for hydroxylation is 1. The van der Waals surface area contributed by atoms with Crippen molar-refractivity contribution in [3.8, 4) is 11.5 Å². The summed E-state index contributed by atoms with van der Waals surface area (Å²) in [7, 11) is 1.32. The molecule has 21 heavy (non-hydrogen) atoms. The lowest BCUT2D eigenvalue weighted by molar-refractivity contribution is 0.0601.